The molecule has 9 heteroatoms. The number of hydrogen-bond donors (Lipinski definition) is 1. The highest BCUT2D eigenvalue weighted by Crippen LogP contribution is 2.32. The number of benzene rings is 1. The fourth-order valence-electron chi connectivity index (χ4n) is 3.85. The zero-order valence-electron chi connectivity index (χ0n) is 17.2. The summed E-state index contributed by atoms with van der Waals surface area (Å²) in [6.45, 7) is 5.46. The highest BCUT2D eigenvalue weighted by molar-refractivity contribution is 7.15. The van der Waals surface area contributed by atoms with Gasteiger partial charge in [-0.25, -0.2) is 9.78 Å². The Labute approximate surface area is 178 Å². The molecular weight excluding hydrogens is 404 g/mol. The number of carbonyl (C=O) groups is 3. The van der Waals surface area contributed by atoms with Crippen molar-refractivity contribution < 1.29 is 19.1 Å². The van der Waals surface area contributed by atoms with Gasteiger partial charge in [-0.05, 0) is 37.1 Å². The molecule has 0 saturated carbocycles. The van der Waals surface area contributed by atoms with Crippen molar-refractivity contribution in [2.75, 3.05) is 30.4 Å². The number of thiazole rings is 1. The van der Waals surface area contributed by atoms with Gasteiger partial charge in [0.2, 0.25) is 11.8 Å². The van der Waals surface area contributed by atoms with Crippen LogP contribution in [0.4, 0.5) is 15.6 Å². The molecule has 30 heavy (non-hydrogen) atoms. The maximum absolute atomic E-state index is 13.1. The minimum absolute atomic E-state index is 0.00351. The van der Waals surface area contributed by atoms with E-state index in [4.69, 9.17) is 0 Å². The number of carbonyl (C=O) groups excluding carboxylic acids is 3. The van der Waals surface area contributed by atoms with Crippen molar-refractivity contribution in [3.05, 3.63) is 39.9 Å². The normalized spacial score (nSPS) is 18.4. The molecule has 1 fully saturated rings. The van der Waals surface area contributed by atoms with Crippen LogP contribution in [0, 0.1) is 19.8 Å². The Morgan fingerprint density at radius 3 is 2.80 bits per heavy atom. The van der Waals surface area contributed by atoms with Gasteiger partial charge in [-0.1, -0.05) is 17.4 Å². The van der Waals surface area contributed by atoms with E-state index in [2.05, 4.69) is 15.0 Å². The summed E-state index contributed by atoms with van der Waals surface area (Å²) in [5.41, 5.74) is 4.04. The lowest BCUT2D eigenvalue weighted by molar-refractivity contribution is -0.136. The second-order valence-electron chi connectivity index (χ2n) is 7.69. The Morgan fingerprint density at radius 1 is 1.27 bits per heavy atom. The van der Waals surface area contributed by atoms with Crippen LogP contribution < -0.4 is 10.2 Å². The Hall–Kier alpha value is -2.94. The quantitative estimate of drug-likeness (QED) is 0.812. The highest BCUT2D eigenvalue weighted by atomic mass is 32.1. The third kappa shape index (κ3) is 3.89. The van der Waals surface area contributed by atoms with Crippen molar-refractivity contribution in [2.24, 2.45) is 5.92 Å². The third-order valence-electron chi connectivity index (χ3n) is 5.71. The van der Waals surface area contributed by atoms with Crippen LogP contribution in [0.5, 0.6) is 0 Å². The highest BCUT2D eigenvalue weighted by Gasteiger charge is 2.38. The Morgan fingerprint density at radius 2 is 2.07 bits per heavy atom. The van der Waals surface area contributed by atoms with Crippen molar-refractivity contribution in [1.82, 2.24) is 9.88 Å². The van der Waals surface area contributed by atoms with Gasteiger partial charge in [-0.15, -0.1) is 0 Å². The van der Waals surface area contributed by atoms with E-state index in [1.807, 2.05) is 32.0 Å². The van der Waals surface area contributed by atoms with Gasteiger partial charge < -0.3 is 14.5 Å². The van der Waals surface area contributed by atoms with Gasteiger partial charge in [-0.2, -0.15) is 0 Å². The Balaban J connectivity index is 1.43. The van der Waals surface area contributed by atoms with Gasteiger partial charge in [0.05, 0.1) is 25.3 Å². The van der Waals surface area contributed by atoms with Crippen molar-refractivity contribution in [2.45, 2.75) is 33.2 Å². The fraction of sp³-hybridized carbons (Fsp3) is 0.429. The topological polar surface area (TPSA) is 91.8 Å². The van der Waals surface area contributed by atoms with E-state index in [9.17, 15) is 14.4 Å². The number of ether oxygens (including phenoxy) is 1. The Bertz CT molecular complexity index is 1020. The second-order valence-corrected chi connectivity index (χ2v) is 8.77. The van der Waals surface area contributed by atoms with E-state index in [1.165, 1.54) is 24.0 Å². The number of amides is 3. The molecule has 1 aromatic carbocycles. The summed E-state index contributed by atoms with van der Waals surface area (Å²) in [5.74, 6) is -0.367. The van der Waals surface area contributed by atoms with Crippen LogP contribution in [0.25, 0.3) is 0 Å². The first-order valence-corrected chi connectivity index (χ1v) is 10.7. The molecule has 0 spiro atoms. The molecule has 2 aliphatic rings. The summed E-state index contributed by atoms with van der Waals surface area (Å²) in [6, 6.07) is 5.94. The molecule has 0 radical (unpaired) electrons. The molecule has 1 aromatic heterocycles. The SMILES string of the molecule is COC(=O)Nc1nc2c(s1)CN(C(=O)C1CC(=O)N(c3ccc(C)c(C)c3)C1)CC2. The van der Waals surface area contributed by atoms with E-state index in [-0.39, 0.29) is 24.2 Å². The summed E-state index contributed by atoms with van der Waals surface area (Å²) in [6.07, 6.45) is 0.291. The lowest BCUT2D eigenvalue weighted by atomic mass is 10.1. The zero-order chi connectivity index (χ0) is 21.4. The zero-order valence-corrected chi connectivity index (χ0v) is 18.0. The van der Waals surface area contributed by atoms with E-state index in [0.29, 0.717) is 31.2 Å². The molecule has 1 unspecified atom stereocenters. The van der Waals surface area contributed by atoms with Gasteiger partial charge in [-0.3, -0.25) is 14.9 Å². The number of rotatable bonds is 3. The second kappa shape index (κ2) is 8.06. The van der Waals surface area contributed by atoms with Gasteiger partial charge in [0, 0.05) is 36.5 Å². The standard InChI is InChI=1S/C21H24N4O4S/c1-12-4-5-15(8-13(12)2)25-10-14(9-18(25)26)19(27)24-7-6-16-17(11-24)30-20(22-16)23-21(28)29-3/h4-5,8,14H,6-7,9-11H2,1-3H3,(H,22,23,28). The largest absolute Gasteiger partial charge is 0.453 e. The first-order valence-electron chi connectivity index (χ1n) is 9.85. The lowest BCUT2D eigenvalue weighted by Crippen LogP contribution is -2.40. The molecule has 2 aromatic rings. The lowest BCUT2D eigenvalue weighted by Gasteiger charge is -2.28. The van der Waals surface area contributed by atoms with Crippen LogP contribution in [0.1, 0.15) is 28.1 Å². The minimum Gasteiger partial charge on any atom is -0.453 e. The van der Waals surface area contributed by atoms with E-state index < -0.39 is 6.09 Å². The Kier molecular flexibility index (Phi) is 5.46. The van der Waals surface area contributed by atoms with Crippen molar-refractivity contribution >= 4 is 40.1 Å². The summed E-state index contributed by atoms with van der Waals surface area (Å²) in [7, 11) is 1.30. The summed E-state index contributed by atoms with van der Waals surface area (Å²) < 4.78 is 4.60. The molecule has 3 amide bonds. The maximum Gasteiger partial charge on any atom is 0.413 e. The molecule has 1 N–H and O–H groups in total. The fourth-order valence-corrected chi connectivity index (χ4v) is 4.86. The average Bonchev–Trinajstić information content (AvgIpc) is 3.31. The van der Waals surface area contributed by atoms with Crippen LogP contribution in [-0.4, -0.2) is 48.0 Å². The summed E-state index contributed by atoms with van der Waals surface area (Å²) >= 11 is 1.35. The van der Waals surface area contributed by atoms with Crippen molar-refractivity contribution in [3.63, 3.8) is 0 Å². The number of nitrogens with zero attached hydrogens (tertiary/aromatic N) is 3. The minimum atomic E-state index is -0.565. The molecular formula is C21H24N4O4S. The number of aryl methyl sites for hydroxylation is 2. The average molecular weight is 429 g/mol. The number of hydrogen-bond acceptors (Lipinski definition) is 6. The van der Waals surface area contributed by atoms with Crippen LogP contribution in [0.15, 0.2) is 18.2 Å². The molecule has 158 valence electrons. The van der Waals surface area contributed by atoms with E-state index >= 15 is 0 Å². The monoisotopic (exact) mass is 428 g/mol. The first-order chi connectivity index (χ1) is 14.4. The van der Waals surface area contributed by atoms with Crippen molar-refractivity contribution in [1.29, 1.82) is 0 Å². The third-order valence-corrected chi connectivity index (χ3v) is 6.71. The predicted octanol–water partition coefficient (Wildman–Crippen LogP) is 2.88. The first kappa shape index (κ1) is 20.3. The van der Waals surface area contributed by atoms with Gasteiger partial charge >= 0.3 is 6.09 Å². The van der Waals surface area contributed by atoms with Crippen LogP contribution >= 0.6 is 11.3 Å². The molecule has 4 rings (SSSR count). The molecule has 0 bridgehead atoms. The maximum atomic E-state index is 13.1. The number of nitrogens with one attached hydrogen (secondary N) is 1. The van der Waals surface area contributed by atoms with Gasteiger partial charge in [0.15, 0.2) is 5.13 Å². The van der Waals surface area contributed by atoms with E-state index in [1.54, 1.807) is 9.80 Å². The van der Waals surface area contributed by atoms with Gasteiger partial charge in [0.25, 0.3) is 0 Å². The van der Waals surface area contributed by atoms with Crippen LogP contribution in [-0.2, 0) is 27.3 Å². The molecule has 3 heterocycles. The molecule has 8 nitrogen and oxygen atoms in total. The van der Waals surface area contributed by atoms with E-state index in [0.717, 1.165) is 21.8 Å². The number of methoxy groups -OCH3 is 1. The van der Waals surface area contributed by atoms with Crippen LogP contribution in [0.3, 0.4) is 0 Å². The van der Waals surface area contributed by atoms with Crippen LogP contribution in [0.2, 0.25) is 0 Å². The summed E-state index contributed by atoms with van der Waals surface area (Å²) in [4.78, 5) is 46.0. The number of aromatic nitrogens is 1. The molecule has 1 atom stereocenters. The molecule has 2 aliphatic heterocycles. The smallest absolute Gasteiger partial charge is 0.413 e. The molecule has 1 saturated heterocycles. The summed E-state index contributed by atoms with van der Waals surface area (Å²) in [5, 5.41) is 3.05. The van der Waals surface area contributed by atoms with Gasteiger partial charge in [0.1, 0.15) is 0 Å². The number of fused-ring (bicyclic) bond motifs is 1. The van der Waals surface area contributed by atoms with Crippen molar-refractivity contribution in [3.8, 4) is 0 Å². The molecule has 0 aliphatic carbocycles. The predicted molar refractivity (Wildman–Crippen MR) is 114 cm³/mol. The number of anilines is 2.